The highest BCUT2D eigenvalue weighted by molar-refractivity contribution is 7.99. The molecule has 0 unspecified atom stereocenters. The molecule has 2 heterocycles. The molecule has 0 spiro atoms. The van der Waals surface area contributed by atoms with Gasteiger partial charge in [0, 0.05) is 23.5 Å². The van der Waals surface area contributed by atoms with Crippen molar-refractivity contribution >= 4 is 18.0 Å². The molecular formula is C12H11N3O2S. The van der Waals surface area contributed by atoms with E-state index >= 15 is 0 Å². The number of aldehydes is 1. The Balaban J connectivity index is 2.33. The molecule has 6 heteroatoms. The van der Waals surface area contributed by atoms with E-state index in [1.165, 1.54) is 24.0 Å². The molecule has 92 valence electrons. The van der Waals surface area contributed by atoms with Gasteiger partial charge in [0.15, 0.2) is 11.4 Å². The number of hydrogen-bond donors (Lipinski definition) is 1. The smallest absolute Gasteiger partial charge is 0.251 e. The van der Waals surface area contributed by atoms with Crippen LogP contribution in [-0.2, 0) is 0 Å². The minimum Gasteiger partial charge on any atom is -0.301 e. The zero-order valence-corrected chi connectivity index (χ0v) is 10.7. The van der Waals surface area contributed by atoms with Crippen molar-refractivity contribution in [3.63, 3.8) is 0 Å². The predicted octanol–water partition coefficient (Wildman–Crippen LogP) is 1.75. The number of H-pyrrole nitrogens is 1. The molecule has 18 heavy (non-hydrogen) atoms. The van der Waals surface area contributed by atoms with Crippen LogP contribution in [0.4, 0.5) is 0 Å². The van der Waals surface area contributed by atoms with Crippen LogP contribution >= 0.6 is 11.8 Å². The summed E-state index contributed by atoms with van der Waals surface area (Å²) in [5.41, 5.74) is 1.87. The Labute approximate surface area is 108 Å². The van der Waals surface area contributed by atoms with Gasteiger partial charge in [-0.25, -0.2) is 9.97 Å². The van der Waals surface area contributed by atoms with Crippen molar-refractivity contribution in [3.8, 4) is 0 Å². The average molecular weight is 261 g/mol. The maximum atomic E-state index is 11.3. The van der Waals surface area contributed by atoms with Gasteiger partial charge in [-0.15, -0.1) is 0 Å². The molecule has 2 rings (SSSR count). The van der Waals surface area contributed by atoms with Crippen molar-refractivity contribution in [2.24, 2.45) is 0 Å². The molecule has 0 saturated heterocycles. The van der Waals surface area contributed by atoms with Crippen molar-refractivity contribution in [1.82, 2.24) is 15.0 Å². The van der Waals surface area contributed by atoms with Crippen molar-refractivity contribution in [1.29, 1.82) is 0 Å². The lowest BCUT2D eigenvalue weighted by Gasteiger charge is -2.04. The summed E-state index contributed by atoms with van der Waals surface area (Å²) in [6, 6.07) is 3.18. The fraction of sp³-hybridized carbons (Fsp3) is 0.167. The Hall–Kier alpha value is -1.95. The maximum absolute atomic E-state index is 11.3. The molecule has 0 amide bonds. The summed E-state index contributed by atoms with van der Waals surface area (Å²) in [7, 11) is 0. The fourth-order valence-corrected chi connectivity index (χ4v) is 2.30. The van der Waals surface area contributed by atoms with Crippen molar-refractivity contribution < 1.29 is 4.79 Å². The highest BCUT2D eigenvalue weighted by Crippen LogP contribution is 2.25. The van der Waals surface area contributed by atoms with E-state index in [2.05, 4.69) is 15.0 Å². The summed E-state index contributed by atoms with van der Waals surface area (Å²) in [6.45, 7) is 3.62. The molecule has 0 aliphatic carbocycles. The Morgan fingerprint density at radius 2 is 2.11 bits per heavy atom. The largest absolute Gasteiger partial charge is 0.301 e. The van der Waals surface area contributed by atoms with Gasteiger partial charge in [0.25, 0.3) is 5.56 Å². The SMILES string of the molecule is Cc1cc(=O)[nH]c(Sc2ncc(C=O)cc2C)n1. The number of rotatable bonds is 3. The molecule has 0 atom stereocenters. The third-order valence-electron chi connectivity index (χ3n) is 2.23. The minimum atomic E-state index is -0.188. The van der Waals surface area contributed by atoms with Crippen LogP contribution < -0.4 is 5.56 Å². The number of carbonyl (C=O) groups excluding carboxylic acids is 1. The van der Waals surface area contributed by atoms with E-state index in [-0.39, 0.29) is 5.56 Å². The van der Waals surface area contributed by atoms with Crippen molar-refractivity contribution in [2.45, 2.75) is 24.0 Å². The van der Waals surface area contributed by atoms with Crippen molar-refractivity contribution in [2.75, 3.05) is 0 Å². The van der Waals surface area contributed by atoms with Gasteiger partial charge < -0.3 is 4.98 Å². The van der Waals surface area contributed by atoms with E-state index in [0.29, 0.717) is 21.4 Å². The van der Waals surface area contributed by atoms with Crippen LogP contribution in [-0.4, -0.2) is 21.2 Å². The summed E-state index contributed by atoms with van der Waals surface area (Å²) < 4.78 is 0. The lowest BCUT2D eigenvalue weighted by atomic mass is 10.2. The lowest BCUT2D eigenvalue weighted by molar-refractivity contribution is 0.112. The van der Waals surface area contributed by atoms with E-state index in [1.807, 2.05) is 6.92 Å². The molecule has 5 nitrogen and oxygen atoms in total. The quantitative estimate of drug-likeness (QED) is 0.673. The molecule has 0 fully saturated rings. The van der Waals surface area contributed by atoms with Gasteiger partial charge in [0.1, 0.15) is 5.03 Å². The van der Waals surface area contributed by atoms with Gasteiger partial charge in [-0.05, 0) is 37.2 Å². The standard InChI is InChI=1S/C12H11N3O2S/c1-7-3-9(6-16)5-13-11(7)18-12-14-8(2)4-10(17)15-12/h3-6H,1-2H3,(H,14,15,17). The van der Waals surface area contributed by atoms with Gasteiger partial charge in [-0.2, -0.15) is 0 Å². The monoisotopic (exact) mass is 261 g/mol. The summed E-state index contributed by atoms with van der Waals surface area (Å²) in [5.74, 6) is 0. The van der Waals surface area contributed by atoms with Crippen LogP contribution in [0, 0.1) is 13.8 Å². The number of aromatic nitrogens is 3. The second-order valence-electron chi connectivity index (χ2n) is 3.80. The first-order chi connectivity index (χ1) is 8.58. The third kappa shape index (κ3) is 2.84. The van der Waals surface area contributed by atoms with Crippen LogP contribution in [0.25, 0.3) is 0 Å². The number of hydrogen-bond acceptors (Lipinski definition) is 5. The van der Waals surface area contributed by atoms with E-state index in [4.69, 9.17) is 0 Å². The normalized spacial score (nSPS) is 10.3. The fourth-order valence-electron chi connectivity index (χ4n) is 1.45. The Kier molecular flexibility index (Phi) is 3.57. The number of carbonyl (C=O) groups is 1. The summed E-state index contributed by atoms with van der Waals surface area (Å²) in [4.78, 5) is 32.9. The Morgan fingerprint density at radius 3 is 2.72 bits per heavy atom. The highest BCUT2D eigenvalue weighted by atomic mass is 32.2. The zero-order valence-electron chi connectivity index (χ0n) is 9.93. The first-order valence-electron chi connectivity index (χ1n) is 5.26. The van der Waals surface area contributed by atoms with Gasteiger partial charge in [-0.1, -0.05) is 0 Å². The molecule has 0 saturated carbocycles. The molecule has 0 bridgehead atoms. The van der Waals surface area contributed by atoms with Gasteiger partial charge in [-0.3, -0.25) is 9.59 Å². The van der Waals surface area contributed by atoms with E-state index < -0.39 is 0 Å². The second kappa shape index (κ2) is 5.14. The first-order valence-corrected chi connectivity index (χ1v) is 6.08. The predicted molar refractivity (Wildman–Crippen MR) is 68.1 cm³/mol. The van der Waals surface area contributed by atoms with Crippen LogP contribution in [0.3, 0.4) is 0 Å². The summed E-state index contributed by atoms with van der Waals surface area (Å²) >= 11 is 1.27. The number of aryl methyl sites for hydroxylation is 2. The molecule has 1 N–H and O–H groups in total. The average Bonchev–Trinajstić information content (AvgIpc) is 2.30. The van der Waals surface area contributed by atoms with Crippen molar-refractivity contribution in [3.05, 3.63) is 45.5 Å². The molecule has 0 aliphatic heterocycles. The number of nitrogens with one attached hydrogen (secondary N) is 1. The topological polar surface area (TPSA) is 75.7 Å². The first kappa shape index (κ1) is 12.5. The van der Waals surface area contributed by atoms with E-state index in [9.17, 15) is 9.59 Å². The van der Waals surface area contributed by atoms with Gasteiger partial charge in [0.2, 0.25) is 0 Å². The van der Waals surface area contributed by atoms with E-state index in [0.717, 1.165) is 11.8 Å². The van der Waals surface area contributed by atoms with Crippen LogP contribution in [0.2, 0.25) is 0 Å². The molecular weight excluding hydrogens is 250 g/mol. The number of pyridine rings is 1. The Morgan fingerprint density at radius 1 is 1.33 bits per heavy atom. The number of nitrogens with zero attached hydrogens (tertiary/aromatic N) is 2. The van der Waals surface area contributed by atoms with Crippen LogP contribution in [0.5, 0.6) is 0 Å². The molecule has 0 aliphatic rings. The molecule has 2 aromatic rings. The molecule has 0 aromatic carbocycles. The summed E-state index contributed by atoms with van der Waals surface area (Å²) in [5, 5.41) is 1.21. The third-order valence-corrected chi connectivity index (χ3v) is 3.24. The second-order valence-corrected chi connectivity index (χ2v) is 4.78. The van der Waals surface area contributed by atoms with Crippen LogP contribution in [0.1, 0.15) is 21.6 Å². The van der Waals surface area contributed by atoms with Crippen LogP contribution in [0.15, 0.2) is 33.3 Å². The minimum absolute atomic E-state index is 0.188. The summed E-state index contributed by atoms with van der Waals surface area (Å²) in [6.07, 6.45) is 2.25. The lowest BCUT2D eigenvalue weighted by Crippen LogP contribution is -2.08. The van der Waals surface area contributed by atoms with Gasteiger partial charge in [0.05, 0.1) is 0 Å². The maximum Gasteiger partial charge on any atom is 0.251 e. The molecule has 0 radical (unpaired) electrons. The highest BCUT2D eigenvalue weighted by Gasteiger charge is 2.06. The number of aromatic amines is 1. The zero-order chi connectivity index (χ0) is 13.1. The van der Waals surface area contributed by atoms with Gasteiger partial charge >= 0.3 is 0 Å². The Bertz CT molecular complexity index is 652. The molecule has 2 aromatic heterocycles. The van der Waals surface area contributed by atoms with E-state index in [1.54, 1.807) is 13.0 Å².